The molecule has 2 aromatic heterocycles. The van der Waals surface area contributed by atoms with Crippen LogP contribution in [0.1, 0.15) is 11.4 Å². The minimum Gasteiger partial charge on any atom is -0.495 e. The second kappa shape index (κ2) is 6.37. The van der Waals surface area contributed by atoms with Crippen molar-refractivity contribution in [3.05, 3.63) is 47.0 Å². The third-order valence-corrected chi connectivity index (χ3v) is 3.72. The third kappa shape index (κ3) is 2.98. The lowest BCUT2D eigenvalue weighted by Crippen LogP contribution is -2.10. The highest BCUT2D eigenvalue weighted by molar-refractivity contribution is 6.31. The van der Waals surface area contributed by atoms with E-state index in [1.807, 2.05) is 19.9 Å². The van der Waals surface area contributed by atoms with Gasteiger partial charge in [-0.1, -0.05) is 11.6 Å². The molecule has 3 N–H and O–H groups in total. The molecule has 0 spiro atoms. The molecule has 3 aromatic rings. The molecule has 0 unspecified atom stereocenters. The lowest BCUT2D eigenvalue weighted by atomic mass is 10.3. The number of ether oxygens (including phenoxy) is 1. The van der Waals surface area contributed by atoms with Gasteiger partial charge in [-0.25, -0.2) is 14.6 Å². The SMILES string of the molecule is COc1ccc(Cl)cc1Nc1ncnc(-n2nc(C)cc2C)c1N. The molecule has 0 aliphatic carbocycles. The summed E-state index contributed by atoms with van der Waals surface area (Å²) < 4.78 is 7.01. The maximum Gasteiger partial charge on any atom is 0.182 e. The second-order valence-corrected chi connectivity index (χ2v) is 5.70. The van der Waals surface area contributed by atoms with Crippen molar-refractivity contribution in [2.24, 2.45) is 0 Å². The number of hydrogen-bond donors (Lipinski definition) is 2. The quantitative estimate of drug-likeness (QED) is 0.754. The van der Waals surface area contributed by atoms with Gasteiger partial charge in [0.2, 0.25) is 0 Å². The lowest BCUT2D eigenvalue weighted by molar-refractivity contribution is 0.417. The standard InChI is InChI=1S/C16H17ClN6O/c1-9-6-10(2)23(22-9)16-14(18)15(19-8-20-16)21-12-7-11(17)4-5-13(12)24-3/h4-8H,18H2,1-3H3,(H,19,20,21). The van der Waals surface area contributed by atoms with Crippen LogP contribution >= 0.6 is 11.6 Å². The van der Waals surface area contributed by atoms with Crippen LogP contribution in [-0.4, -0.2) is 26.9 Å². The number of rotatable bonds is 4. The topological polar surface area (TPSA) is 90.9 Å². The van der Waals surface area contributed by atoms with Crippen molar-refractivity contribution in [2.75, 3.05) is 18.2 Å². The molecule has 0 bridgehead atoms. The number of anilines is 3. The highest BCUT2D eigenvalue weighted by Crippen LogP contribution is 2.32. The molecule has 0 fully saturated rings. The van der Waals surface area contributed by atoms with Crippen molar-refractivity contribution in [1.82, 2.24) is 19.7 Å². The fourth-order valence-electron chi connectivity index (χ4n) is 2.40. The Balaban J connectivity index is 2.03. The molecule has 0 amide bonds. The smallest absolute Gasteiger partial charge is 0.182 e. The first kappa shape index (κ1) is 16.1. The molecule has 2 heterocycles. The number of nitrogens with zero attached hydrogens (tertiary/aromatic N) is 4. The van der Waals surface area contributed by atoms with Gasteiger partial charge in [0.25, 0.3) is 0 Å². The lowest BCUT2D eigenvalue weighted by Gasteiger charge is -2.14. The number of hydrogen-bond acceptors (Lipinski definition) is 6. The minimum absolute atomic E-state index is 0.380. The molecular weight excluding hydrogens is 328 g/mol. The Kier molecular flexibility index (Phi) is 4.26. The first-order valence-corrected chi connectivity index (χ1v) is 7.62. The van der Waals surface area contributed by atoms with E-state index in [0.29, 0.717) is 33.8 Å². The summed E-state index contributed by atoms with van der Waals surface area (Å²) in [5.41, 5.74) is 9.11. The number of halogens is 1. The summed E-state index contributed by atoms with van der Waals surface area (Å²) in [6, 6.07) is 7.21. The van der Waals surface area contributed by atoms with E-state index in [4.69, 9.17) is 22.1 Å². The third-order valence-electron chi connectivity index (χ3n) is 3.49. The predicted octanol–water partition coefficient (Wildman–Crippen LogP) is 3.27. The molecule has 124 valence electrons. The van der Waals surface area contributed by atoms with E-state index in [1.165, 1.54) is 6.33 Å². The number of aryl methyl sites for hydroxylation is 2. The molecule has 7 nitrogen and oxygen atoms in total. The molecule has 0 saturated heterocycles. The van der Waals surface area contributed by atoms with Crippen LogP contribution in [0.3, 0.4) is 0 Å². The van der Waals surface area contributed by atoms with Gasteiger partial charge in [-0.05, 0) is 38.1 Å². The van der Waals surface area contributed by atoms with Crippen LogP contribution in [0.25, 0.3) is 5.82 Å². The Morgan fingerprint density at radius 1 is 1.21 bits per heavy atom. The van der Waals surface area contributed by atoms with Crippen molar-refractivity contribution >= 4 is 28.8 Å². The molecule has 24 heavy (non-hydrogen) atoms. The van der Waals surface area contributed by atoms with E-state index < -0.39 is 0 Å². The summed E-state index contributed by atoms with van der Waals surface area (Å²) in [5.74, 6) is 1.59. The van der Waals surface area contributed by atoms with Crippen molar-refractivity contribution in [2.45, 2.75) is 13.8 Å². The summed E-state index contributed by atoms with van der Waals surface area (Å²) in [4.78, 5) is 8.47. The summed E-state index contributed by atoms with van der Waals surface area (Å²) in [5, 5.41) is 8.13. The Morgan fingerprint density at radius 2 is 2.00 bits per heavy atom. The predicted molar refractivity (Wildman–Crippen MR) is 94.3 cm³/mol. The largest absolute Gasteiger partial charge is 0.495 e. The molecule has 3 rings (SSSR count). The van der Waals surface area contributed by atoms with Gasteiger partial charge in [0.1, 0.15) is 17.8 Å². The van der Waals surface area contributed by atoms with Crippen LogP contribution < -0.4 is 15.8 Å². The number of aromatic nitrogens is 4. The molecule has 0 radical (unpaired) electrons. The second-order valence-electron chi connectivity index (χ2n) is 5.27. The molecular formula is C16H17ClN6O. The average Bonchev–Trinajstić information content (AvgIpc) is 2.88. The number of nitrogens with one attached hydrogen (secondary N) is 1. The summed E-state index contributed by atoms with van der Waals surface area (Å²) in [6.45, 7) is 3.85. The Labute approximate surface area is 144 Å². The van der Waals surface area contributed by atoms with Crippen LogP contribution in [0.15, 0.2) is 30.6 Å². The van der Waals surface area contributed by atoms with Crippen molar-refractivity contribution in [3.8, 4) is 11.6 Å². The monoisotopic (exact) mass is 344 g/mol. The molecule has 0 atom stereocenters. The summed E-state index contributed by atoms with van der Waals surface area (Å²) in [6.07, 6.45) is 1.43. The van der Waals surface area contributed by atoms with Gasteiger partial charge in [0, 0.05) is 10.7 Å². The van der Waals surface area contributed by atoms with Crippen LogP contribution in [0, 0.1) is 13.8 Å². The average molecular weight is 345 g/mol. The highest BCUT2D eigenvalue weighted by atomic mass is 35.5. The van der Waals surface area contributed by atoms with Gasteiger partial charge in [0.05, 0.1) is 18.5 Å². The molecule has 0 aliphatic rings. The first-order chi connectivity index (χ1) is 11.5. The fraction of sp³-hybridized carbons (Fsp3) is 0.188. The van der Waals surface area contributed by atoms with E-state index in [-0.39, 0.29) is 0 Å². The van der Waals surface area contributed by atoms with Crippen molar-refractivity contribution in [1.29, 1.82) is 0 Å². The Morgan fingerprint density at radius 3 is 2.67 bits per heavy atom. The van der Waals surface area contributed by atoms with E-state index in [1.54, 1.807) is 30.0 Å². The summed E-state index contributed by atoms with van der Waals surface area (Å²) >= 11 is 6.06. The van der Waals surface area contributed by atoms with Crippen LogP contribution in [0.5, 0.6) is 5.75 Å². The number of nitrogens with two attached hydrogens (primary N) is 1. The highest BCUT2D eigenvalue weighted by Gasteiger charge is 2.14. The first-order valence-electron chi connectivity index (χ1n) is 7.24. The van der Waals surface area contributed by atoms with Gasteiger partial charge in [-0.15, -0.1) is 0 Å². The molecule has 1 aromatic carbocycles. The zero-order valence-electron chi connectivity index (χ0n) is 13.5. The Hall–Kier alpha value is -2.80. The molecule has 0 aliphatic heterocycles. The maximum atomic E-state index is 6.25. The Bertz CT molecular complexity index is 892. The van der Waals surface area contributed by atoms with E-state index >= 15 is 0 Å². The van der Waals surface area contributed by atoms with E-state index in [2.05, 4.69) is 20.4 Å². The van der Waals surface area contributed by atoms with Gasteiger partial charge in [-0.3, -0.25) is 0 Å². The minimum atomic E-state index is 0.380. The normalized spacial score (nSPS) is 10.7. The maximum absolute atomic E-state index is 6.25. The van der Waals surface area contributed by atoms with E-state index in [9.17, 15) is 0 Å². The zero-order chi connectivity index (χ0) is 17.3. The van der Waals surface area contributed by atoms with Crippen molar-refractivity contribution < 1.29 is 4.74 Å². The van der Waals surface area contributed by atoms with Gasteiger partial charge >= 0.3 is 0 Å². The molecule has 0 saturated carbocycles. The number of nitrogen functional groups attached to an aromatic ring is 1. The van der Waals surface area contributed by atoms with Crippen molar-refractivity contribution in [3.63, 3.8) is 0 Å². The van der Waals surface area contributed by atoms with Crippen LogP contribution in [-0.2, 0) is 0 Å². The fourth-order valence-corrected chi connectivity index (χ4v) is 2.58. The number of methoxy groups -OCH3 is 1. The van der Waals surface area contributed by atoms with Crippen LogP contribution in [0.4, 0.5) is 17.2 Å². The van der Waals surface area contributed by atoms with Gasteiger partial charge < -0.3 is 15.8 Å². The summed E-state index contributed by atoms with van der Waals surface area (Å²) in [7, 11) is 1.58. The van der Waals surface area contributed by atoms with Gasteiger partial charge in [-0.2, -0.15) is 5.10 Å². The van der Waals surface area contributed by atoms with Crippen LogP contribution in [0.2, 0.25) is 5.02 Å². The van der Waals surface area contributed by atoms with Gasteiger partial charge in [0.15, 0.2) is 11.6 Å². The zero-order valence-corrected chi connectivity index (χ0v) is 14.3. The number of benzene rings is 1. The molecule has 8 heteroatoms. The van der Waals surface area contributed by atoms with E-state index in [0.717, 1.165) is 11.4 Å².